The Bertz CT molecular complexity index is 513. The van der Waals surface area contributed by atoms with Crippen LogP contribution in [-0.2, 0) is 13.0 Å². The third kappa shape index (κ3) is 3.94. The molecule has 19 heavy (non-hydrogen) atoms. The molecule has 6 heteroatoms. The second kappa shape index (κ2) is 6.72. The van der Waals surface area contributed by atoms with E-state index in [1.54, 1.807) is 0 Å². The second-order valence-electron chi connectivity index (χ2n) is 4.00. The van der Waals surface area contributed by atoms with Gasteiger partial charge in [-0.15, -0.1) is 5.10 Å². The first-order chi connectivity index (χ1) is 9.31. The number of nitrogens with one attached hydrogen (secondary N) is 1. The Labute approximate surface area is 112 Å². The minimum atomic E-state index is 0.423. The molecule has 0 saturated carbocycles. The van der Waals surface area contributed by atoms with Gasteiger partial charge < -0.3 is 14.5 Å². The molecule has 0 unspecified atom stereocenters. The molecule has 0 spiro atoms. The van der Waals surface area contributed by atoms with E-state index in [1.165, 1.54) is 0 Å². The van der Waals surface area contributed by atoms with Crippen LogP contribution < -0.4 is 10.1 Å². The fourth-order valence-corrected chi connectivity index (χ4v) is 1.59. The highest BCUT2D eigenvalue weighted by Gasteiger charge is 2.05. The number of rotatable bonds is 7. The molecule has 2 heterocycles. The number of hydrogen-bond donors (Lipinski definition) is 1. The van der Waals surface area contributed by atoms with Crippen LogP contribution in [0, 0.1) is 0 Å². The summed E-state index contributed by atoms with van der Waals surface area (Å²) in [7, 11) is 0. The Kier molecular flexibility index (Phi) is 4.72. The van der Waals surface area contributed by atoms with Crippen molar-refractivity contribution in [3.8, 4) is 5.88 Å². The van der Waals surface area contributed by atoms with Gasteiger partial charge in [0.05, 0.1) is 18.8 Å². The van der Waals surface area contributed by atoms with E-state index in [9.17, 15) is 0 Å². The van der Waals surface area contributed by atoms with E-state index in [2.05, 4.69) is 27.4 Å². The maximum atomic E-state index is 5.43. The van der Waals surface area contributed by atoms with Crippen LogP contribution in [0.3, 0.4) is 0 Å². The van der Waals surface area contributed by atoms with Gasteiger partial charge in [0.1, 0.15) is 0 Å². The summed E-state index contributed by atoms with van der Waals surface area (Å²) in [5.41, 5.74) is 0.862. The number of hydrogen-bond acceptors (Lipinski definition) is 6. The molecule has 0 aliphatic rings. The minimum absolute atomic E-state index is 0.423. The van der Waals surface area contributed by atoms with Gasteiger partial charge in [-0.25, -0.2) is 4.98 Å². The lowest BCUT2D eigenvalue weighted by Gasteiger charge is -2.04. The molecule has 6 nitrogen and oxygen atoms in total. The van der Waals surface area contributed by atoms with Crippen molar-refractivity contribution in [1.29, 1.82) is 0 Å². The molecular weight excluding hydrogens is 244 g/mol. The van der Waals surface area contributed by atoms with Crippen LogP contribution in [0.2, 0.25) is 0 Å². The monoisotopic (exact) mass is 262 g/mol. The van der Waals surface area contributed by atoms with Gasteiger partial charge in [0, 0.05) is 12.5 Å². The van der Waals surface area contributed by atoms with Crippen LogP contribution in [0.4, 0.5) is 6.01 Å². The zero-order chi connectivity index (χ0) is 13.5. The number of nitrogens with zero attached hydrogens (tertiary/aromatic N) is 3. The Morgan fingerprint density at radius 1 is 1.26 bits per heavy atom. The summed E-state index contributed by atoms with van der Waals surface area (Å²) in [5, 5.41) is 10.9. The third-order valence-electron chi connectivity index (χ3n) is 2.42. The molecule has 0 aliphatic heterocycles. The van der Waals surface area contributed by atoms with Crippen molar-refractivity contribution in [2.24, 2.45) is 0 Å². The normalized spacial score (nSPS) is 10.4. The number of pyridine rings is 1. The Balaban J connectivity index is 1.91. The van der Waals surface area contributed by atoms with Crippen molar-refractivity contribution in [2.45, 2.75) is 33.2 Å². The summed E-state index contributed by atoms with van der Waals surface area (Å²) in [6.45, 7) is 5.13. The lowest BCUT2D eigenvalue weighted by molar-refractivity contribution is 0.326. The highest BCUT2D eigenvalue weighted by atomic mass is 16.5. The van der Waals surface area contributed by atoms with Gasteiger partial charge in [-0.05, 0) is 19.4 Å². The van der Waals surface area contributed by atoms with Crippen LogP contribution in [-0.4, -0.2) is 21.8 Å². The third-order valence-corrected chi connectivity index (χ3v) is 2.42. The van der Waals surface area contributed by atoms with Crippen LogP contribution in [0.15, 0.2) is 22.6 Å². The van der Waals surface area contributed by atoms with Crippen LogP contribution >= 0.6 is 0 Å². The fourth-order valence-electron chi connectivity index (χ4n) is 1.59. The van der Waals surface area contributed by atoms with Crippen molar-refractivity contribution in [3.05, 3.63) is 29.8 Å². The largest absolute Gasteiger partial charge is 0.478 e. The molecule has 102 valence electrons. The van der Waals surface area contributed by atoms with Crippen molar-refractivity contribution in [2.75, 3.05) is 11.9 Å². The molecule has 0 aliphatic carbocycles. The van der Waals surface area contributed by atoms with E-state index < -0.39 is 0 Å². The Morgan fingerprint density at radius 2 is 2.16 bits per heavy atom. The van der Waals surface area contributed by atoms with Gasteiger partial charge >= 0.3 is 6.01 Å². The molecule has 2 rings (SSSR count). The van der Waals surface area contributed by atoms with Crippen molar-refractivity contribution < 1.29 is 9.15 Å². The first kappa shape index (κ1) is 13.3. The van der Waals surface area contributed by atoms with Crippen molar-refractivity contribution in [3.63, 3.8) is 0 Å². The maximum Gasteiger partial charge on any atom is 0.315 e. The summed E-state index contributed by atoms with van der Waals surface area (Å²) < 4.78 is 10.8. The average Bonchev–Trinajstić information content (AvgIpc) is 2.86. The standard InChI is InChI=1S/C13H18N4O2/c1-3-6-12-16-17-13(19-12)14-9-10-7-5-8-11(15-10)18-4-2/h5,7-8H,3-4,6,9H2,1-2H3,(H,14,17). The smallest absolute Gasteiger partial charge is 0.315 e. The highest BCUT2D eigenvalue weighted by molar-refractivity contribution is 5.22. The van der Waals surface area contributed by atoms with Crippen LogP contribution in [0.1, 0.15) is 31.9 Å². The first-order valence-electron chi connectivity index (χ1n) is 6.46. The lowest BCUT2D eigenvalue weighted by atomic mass is 10.3. The van der Waals surface area contributed by atoms with E-state index in [0.29, 0.717) is 30.9 Å². The predicted octanol–water partition coefficient (Wildman–Crippen LogP) is 2.43. The number of aryl methyl sites for hydroxylation is 1. The molecule has 0 bridgehead atoms. The second-order valence-corrected chi connectivity index (χ2v) is 4.00. The molecule has 0 radical (unpaired) electrons. The molecule has 2 aromatic heterocycles. The maximum absolute atomic E-state index is 5.43. The molecule has 0 fully saturated rings. The SMILES string of the molecule is CCCc1nnc(NCc2cccc(OCC)n2)o1. The van der Waals surface area contributed by atoms with E-state index in [0.717, 1.165) is 18.5 Å². The number of anilines is 1. The van der Waals surface area contributed by atoms with Gasteiger partial charge in [-0.2, -0.15) is 0 Å². The zero-order valence-electron chi connectivity index (χ0n) is 11.2. The topological polar surface area (TPSA) is 73.1 Å². The summed E-state index contributed by atoms with van der Waals surface area (Å²) in [6.07, 6.45) is 1.78. The summed E-state index contributed by atoms with van der Waals surface area (Å²) >= 11 is 0. The fraction of sp³-hybridized carbons (Fsp3) is 0.462. The minimum Gasteiger partial charge on any atom is -0.478 e. The highest BCUT2D eigenvalue weighted by Crippen LogP contribution is 2.11. The van der Waals surface area contributed by atoms with E-state index in [-0.39, 0.29) is 0 Å². The van der Waals surface area contributed by atoms with Crippen LogP contribution in [0.25, 0.3) is 0 Å². The Morgan fingerprint density at radius 3 is 2.95 bits per heavy atom. The van der Waals surface area contributed by atoms with Crippen molar-refractivity contribution in [1.82, 2.24) is 15.2 Å². The number of aromatic nitrogens is 3. The van der Waals surface area contributed by atoms with E-state index in [4.69, 9.17) is 9.15 Å². The van der Waals surface area contributed by atoms with Gasteiger partial charge in [-0.1, -0.05) is 18.1 Å². The lowest BCUT2D eigenvalue weighted by Crippen LogP contribution is -2.03. The van der Waals surface area contributed by atoms with Crippen LogP contribution in [0.5, 0.6) is 5.88 Å². The molecular formula is C13H18N4O2. The van der Waals surface area contributed by atoms with E-state index in [1.807, 2.05) is 25.1 Å². The average molecular weight is 262 g/mol. The van der Waals surface area contributed by atoms with Gasteiger partial charge in [0.2, 0.25) is 11.8 Å². The summed E-state index contributed by atoms with van der Waals surface area (Å²) in [5.74, 6) is 1.28. The molecule has 2 aromatic rings. The van der Waals surface area contributed by atoms with Gasteiger partial charge in [0.15, 0.2) is 0 Å². The molecule has 1 N–H and O–H groups in total. The molecule has 0 aromatic carbocycles. The summed E-state index contributed by atoms with van der Waals surface area (Å²) in [4.78, 5) is 4.35. The molecule has 0 saturated heterocycles. The number of ether oxygens (including phenoxy) is 1. The van der Waals surface area contributed by atoms with Crippen molar-refractivity contribution >= 4 is 6.01 Å². The molecule has 0 atom stereocenters. The summed E-state index contributed by atoms with van der Waals surface area (Å²) in [6, 6.07) is 6.08. The predicted molar refractivity (Wildman–Crippen MR) is 71.0 cm³/mol. The quantitative estimate of drug-likeness (QED) is 0.826. The molecule has 0 amide bonds. The zero-order valence-corrected chi connectivity index (χ0v) is 11.2. The first-order valence-corrected chi connectivity index (χ1v) is 6.46. The van der Waals surface area contributed by atoms with E-state index >= 15 is 0 Å². The van der Waals surface area contributed by atoms with Gasteiger partial charge in [0.25, 0.3) is 0 Å². The Hall–Kier alpha value is -2.11. The van der Waals surface area contributed by atoms with Gasteiger partial charge in [-0.3, -0.25) is 0 Å².